The fraction of sp³-hybridized carbons (Fsp3) is 0.130. The van der Waals surface area contributed by atoms with Crippen molar-refractivity contribution in [2.24, 2.45) is 5.10 Å². The summed E-state index contributed by atoms with van der Waals surface area (Å²) in [6, 6.07) is 15.8. The van der Waals surface area contributed by atoms with Gasteiger partial charge in [-0.25, -0.2) is 13.8 Å². The summed E-state index contributed by atoms with van der Waals surface area (Å²) in [6.07, 6.45) is 1.30. The van der Waals surface area contributed by atoms with E-state index in [0.717, 1.165) is 15.4 Å². The number of halogens is 3. The van der Waals surface area contributed by atoms with E-state index in [0.29, 0.717) is 26.3 Å². The van der Waals surface area contributed by atoms with E-state index in [1.54, 1.807) is 36.4 Å². The van der Waals surface area contributed by atoms with Crippen LogP contribution in [0.2, 0.25) is 15.1 Å². The summed E-state index contributed by atoms with van der Waals surface area (Å²) in [5.41, 5.74) is 4.99. The van der Waals surface area contributed by atoms with Crippen LogP contribution < -0.4 is 9.73 Å². The Labute approximate surface area is 207 Å². The second-order valence-electron chi connectivity index (χ2n) is 7.16. The van der Waals surface area contributed by atoms with E-state index in [4.69, 9.17) is 34.8 Å². The van der Waals surface area contributed by atoms with Crippen molar-refractivity contribution in [3.8, 4) is 0 Å². The van der Waals surface area contributed by atoms with Gasteiger partial charge in [0.05, 0.1) is 26.8 Å². The molecule has 1 amide bonds. The van der Waals surface area contributed by atoms with Crippen molar-refractivity contribution in [3.63, 3.8) is 0 Å². The molecule has 33 heavy (non-hydrogen) atoms. The molecule has 0 aliphatic carbocycles. The number of hydrazone groups is 1. The highest BCUT2D eigenvalue weighted by atomic mass is 35.5. The van der Waals surface area contributed by atoms with E-state index in [9.17, 15) is 13.2 Å². The van der Waals surface area contributed by atoms with E-state index in [2.05, 4.69) is 10.5 Å². The van der Waals surface area contributed by atoms with Gasteiger partial charge in [0.2, 0.25) is 0 Å². The number of rotatable bonds is 7. The number of amides is 1. The zero-order valence-electron chi connectivity index (χ0n) is 17.7. The number of benzene rings is 3. The molecule has 10 heteroatoms. The second-order valence-corrected chi connectivity index (χ2v) is 10.3. The minimum atomic E-state index is -4.07. The maximum absolute atomic E-state index is 13.4. The molecule has 3 rings (SSSR count). The van der Waals surface area contributed by atoms with Crippen LogP contribution in [0.15, 0.2) is 70.7 Å². The number of sulfonamides is 1. The Morgan fingerprint density at radius 3 is 2.21 bits per heavy atom. The second kappa shape index (κ2) is 10.6. The van der Waals surface area contributed by atoms with Crippen molar-refractivity contribution in [1.29, 1.82) is 0 Å². The molecule has 0 bridgehead atoms. The predicted octanol–water partition coefficient (Wildman–Crippen LogP) is 5.61. The maximum atomic E-state index is 13.4. The van der Waals surface area contributed by atoms with Gasteiger partial charge in [0.1, 0.15) is 6.54 Å². The standard InChI is InChI=1S/C23H20Cl3N3O3S/c1-15-6-9-18(12-16(15)2)29(33(31,32)19-10-7-17(24)8-11-19)14-23(30)28-27-13-20-21(25)4-3-5-22(20)26/h3-13H,14H2,1-2H3,(H,28,30)/b27-13-. The molecule has 3 aromatic rings. The van der Waals surface area contributed by atoms with Crippen LogP contribution in [0.4, 0.5) is 5.69 Å². The lowest BCUT2D eigenvalue weighted by atomic mass is 10.1. The van der Waals surface area contributed by atoms with Gasteiger partial charge in [0.25, 0.3) is 15.9 Å². The molecule has 0 saturated heterocycles. The van der Waals surface area contributed by atoms with Gasteiger partial charge in [-0.2, -0.15) is 5.10 Å². The maximum Gasteiger partial charge on any atom is 0.264 e. The molecule has 0 atom stereocenters. The number of carbonyl (C=O) groups is 1. The minimum Gasteiger partial charge on any atom is -0.271 e. The van der Waals surface area contributed by atoms with Crippen LogP contribution in [0.1, 0.15) is 16.7 Å². The average Bonchev–Trinajstić information content (AvgIpc) is 2.76. The number of anilines is 1. The molecule has 172 valence electrons. The van der Waals surface area contributed by atoms with E-state index in [1.165, 1.54) is 30.5 Å². The molecule has 6 nitrogen and oxygen atoms in total. The Bertz CT molecular complexity index is 1290. The number of hydrogen-bond acceptors (Lipinski definition) is 4. The molecular formula is C23H20Cl3N3O3S. The molecule has 0 saturated carbocycles. The summed E-state index contributed by atoms with van der Waals surface area (Å²) in [6.45, 7) is 3.28. The zero-order valence-corrected chi connectivity index (χ0v) is 20.8. The van der Waals surface area contributed by atoms with Crippen LogP contribution in [0.5, 0.6) is 0 Å². The summed E-state index contributed by atoms with van der Waals surface area (Å²) < 4.78 is 27.8. The van der Waals surface area contributed by atoms with Crippen molar-refractivity contribution in [2.75, 3.05) is 10.8 Å². The first kappa shape index (κ1) is 25.1. The van der Waals surface area contributed by atoms with Gasteiger partial charge in [0, 0.05) is 10.6 Å². The molecule has 1 N–H and O–H groups in total. The van der Waals surface area contributed by atoms with Crippen molar-refractivity contribution in [3.05, 3.63) is 92.4 Å². The Morgan fingerprint density at radius 1 is 0.970 bits per heavy atom. The monoisotopic (exact) mass is 523 g/mol. The van der Waals surface area contributed by atoms with Gasteiger partial charge in [-0.15, -0.1) is 0 Å². The van der Waals surface area contributed by atoms with Crippen molar-refractivity contribution >= 4 is 62.6 Å². The largest absolute Gasteiger partial charge is 0.271 e. The molecular weight excluding hydrogens is 505 g/mol. The molecule has 0 unspecified atom stereocenters. The first-order valence-corrected chi connectivity index (χ1v) is 12.3. The van der Waals surface area contributed by atoms with E-state index < -0.39 is 22.5 Å². The fourth-order valence-electron chi connectivity index (χ4n) is 2.90. The van der Waals surface area contributed by atoms with Gasteiger partial charge in [0.15, 0.2) is 0 Å². The minimum absolute atomic E-state index is 0.00396. The number of hydrogen-bond donors (Lipinski definition) is 1. The Kier molecular flexibility index (Phi) is 8.02. The van der Waals surface area contributed by atoms with Crippen LogP contribution in [0, 0.1) is 13.8 Å². The van der Waals surface area contributed by atoms with Crippen LogP contribution in [0.3, 0.4) is 0 Å². The highest BCUT2D eigenvalue weighted by molar-refractivity contribution is 7.92. The van der Waals surface area contributed by atoms with Crippen molar-refractivity contribution in [1.82, 2.24) is 5.43 Å². The third-order valence-electron chi connectivity index (χ3n) is 4.85. The Morgan fingerprint density at radius 2 is 1.61 bits per heavy atom. The molecule has 0 spiro atoms. The lowest BCUT2D eigenvalue weighted by Gasteiger charge is -2.24. The van der Waals surface area contributed by atoms with Crippen LogP contribution in [0.25, 0.3) is 0 Å². The van der Waals surface area contributed by atoms with Crippen LogP contribution in [-0.4, -0.2) is 27.1 Å². The predicted molar refractivity (Wildman–Crippen MR) is 134 cm³/mol. The van der Waals surface area contributed by atoms with Crippen molar-refractivity contribution < 1.29 is 13.2 Å². The Hall–Kier alpha value is -2.58. The van der Waals surface area contributed by atoms with E-state index in [-0.39, 0.29) is 4.90 Å². The van der Waals surface area contributed by atoms with Gasteiger partial charge in [-0.05, 0) is 73.5 Å². The summed E-state index contributed by atoms with van der Waals surface area (Å²) in [5, 5.41) is 5.00. The number of nitrogens with zero attached hydrogens (tertiary/aromatic N) is 2. The lowest BCUT2D eigenvalue weighted by Crippen LogP contribution is -2.39. The smallest absolute Gasteiger partial charge is 0.264 e. The zero-order chi connectivity index (χ0) is 24.2. The molecule has 0 radical (unpaired) electrons. The Balaban J connectivity index is 1.89. The molecule has 0 aliphatic heterocycles. The summed E-state index contributed by atoms with van der Waals surface area (Å²) in [4.78, 5) is 12.7. The van der Waals surface area contributed by atoms with Crippen LogP contribution >= 0.6 is 34.8 Å². The third kappa shape index (κ3) is 6.06. The molecule has 3 aromatic carbocycles. The average molecular weight is 525 g/mol. The number of aryl methyl sites for hydroxylation is 2. The normalized spacial score (nSPS) is 11.5. The fourth-order valence-corrected chi connectivity index (χ4v) is 4.93. The number of nitrogens with one attached hydrogen (secondary N) is 1. The van der Waals surface area contributed by atoms with Crippen LogP contribution in [-0.2, 0) is 14.8 Å². The molecule has 0 fully saturated rings. The van der Waals surface area contributed by atoms with E-state index in [1.807, 2.05) is 13.8 Å². The molecule has 0 aliphatic rings. The summed E-state index contributed by atoms with van der Waals surface area (Å²) >= 11 is 18.1. The van der Waals surface area contributed by atoms with E-state index >= 15 is 0 Å². The quantitative estimate of drug-likeness (QED) is 0.322. The van der Waals surface area contributed by atoms with Gasteiger partial charge < -0.3 is 0 Å². The molecule has 0 aromatic heterocycles. The van der Waals surface area contributed by atoms with Crippen molar-refractivity contribution in [2.45, 2.75) is 18.7 Å². The summed E-state index contributed by atoms with van der Waals surface area (Å²) in [5.74, 6) is -0.648. The number of carbonyl (C=O) groups excluding carboxylic acids is 1. The highest BCUT2D eigenvalue weighted by Gasteiger charge is 2.27. The topological polar surface area (TPSA) is 78.8 Å². The molecule has 0 heterocycles. The third-order valence-corrected chi connectivity index (χ3v) is 7.55. The van der Waals surface area contributed by atoms with Gasteiger partial charge in [-0.1, -0.05) is 46.9 Å². The summed E-state index contributed by atoms with van der Waals surface area (Å²) in [7, 11) is -4.07. The first-order valence-electron chi connectivity index (χ1n) is 9.71. The SMILES string of the molecule is Cc1ccc(N(CC(=O)N/N=C\c2c(Cl)cccc2Cl)S(=O)(=O)c2ccc(Cl)cc2)cc1C. The highest BCUT2D eigenvalue weighted by Crippen LogP contribution is 2.26. The lowest BCUT2D eigenvalue weighted by molar-refractivity contribution is -0.119. The van der Waals surface area contributed by atoms with Gasteiger partial charge in [-0.3, -0.25) is 9.10 Å². The first-order chi connectivity index (χ1) is 15.6. The van der Waals surface area contributed by atoms with Gasteiger partial charge >= 0.3 is 0 Å².